The van der Waals surface area contributed by atoms with Crippen LogP contribution in [-0.4, -0.2) is 27.2 Å². The lowest BCUT2D eigenvalue weighted by molar-refractivity contribution is -0.118. The predicted octanol–water partition coefficient (Wildman–Crippen LogP) is 4.37. The highest BCUT2D eigenvalue weighted by atomic mass is 32.1. The average molecular weight is 449 g/mol. The highest BCUT2D eigenvalue weighted by Crippen LogP contribution is 2.20. The second-order valence-electron chi connectivity index (χ2n) is 7.68. The van der Waals surface area contributed by atoms with E-state index in [9.17, 15) is 9.59 Å². The van der Waals surface area contributed by atoms with Crippen molar-refractivity contribution in [2.75, 3.05) is 5.32 Å². The predicted molar refractivity (Wildman–Crippen MR) is 125 cm³/mol. The zero-order valence-corrected chi connectivity index (χ0v) is 18.6. The molecule has 0 aliphatic carbocycles. The van der Waals surface area contributed by atoms with Crippen molar-refractivity contribution in [1.82, 2.24) is 14.7 Å². The number of ether oxygens (including phenoxy) is 1. The Morgan fingerprint density at radius 3 is 2.75 bits per heavy atom. The van der Waals surface area contributed by atoms with Crippen molar-refractivity contribution in [3.8, 4) is 5.75 Å². The standard InChI is InChI=1S/C24H24N4O3S/c1-16(2)22(27-23(29)20-9-6-12-32-20)24(30)26-17-7-5-8-19(13-17)31-15-18-14-28-11-4-3-10-21(28)25-18/h3-14,16,22H,15H2,1-2H3,(H,26,30)(H,27,29). The number of anilines is 1. The number of thiophene rings is 1. The maximum atomic E-state index is 12.9. The fourth-order valence-electron chi connectivity index (χ4n) is 3.25. The summed E-state index contributed by atoms with van der Waals surface area (Å²) in [7, 11) is 0. The first-order valence-electron chi connectivity index (χ1n) is 10.3. The van der Waals surface area contributed by atoms with Crippen molar-refractivity contribution in [1.29, 1.82) is 0 Å². The Balaban J connectivity index is 1.39. The van der Waals surface area contributed by atoms with Crippen LogP contribution >= 0.6 is 11.3 Å². The molecule has 0 saturated carbocycles. The lowest BCUT2D eigenvalue weighted by Crippen LogP contribution is -2.46. The maximum Gasteiger partial charge on any atom is 0.262 e. The van der Waals surface area contributed by atoms with Crippen LogP contribution in [0.3, 0.4) is 0 Å². The third kappa shape index (κ3) is 5.15. The molecule has 164 valence electrons. The Kier molecular flexibility index (Phi) is 6.51. The van der Waals surface area contributed by atoms with Crippen LogP contribution in [0.15, 0.2) is 72.4 Å². The van der Waals surface area contributed by atoms with Gasteiger partial charge in [0.2, 0.25) is 5.91 Å². The van der Waals surface area contributed by atoms with Crippen molar-refractivity contribution in [2.24, 2.45) is 5.92 Å². The van der Waals surface area contributed by atoms with Crippen molar-refractivity contribution in [2.45, 2.75) is 26.5 Å². The van der Waals surface area contributed by atoms with Gasteiger partial charge < -0.3 is 19.8 Å². The minimum Gasteiger partial charge on any atom is -0.487 e. The Hall–Kier alpha value is -3.65. The molecule has 3 heterocycles. The molecule has 3 aromatic heterocycles. The molecular formula is C24H24N4O3S. The molecule has 0 saturated heterocycles. The number of aromatic nitrogens is 2. The smallest absolute Gasteiger partial charge is 0.262 e. The van der Waals surface area contributed by atoms with Crippen LogP contribution in [0.2, 0.25) is 0 Å². The summed E-state index contributed by atoms with van der Waals surface area (Å²) >= 11 is 1.34. The van der Waals surface area contributed by atoms with Crippen molar-refractivity contribution >= 4 is 34.5 Å². The number of nitrogens with one attached hydrogen (secondary N) is 2. The SMILES string of the molecule is CC(C)C(NC(=O)c1cccs1)C(=O)Nc1cccc(OCc2cn3ccccc3n2)c1. The van der Waals surface area contributed by atoms with Gasteiger partial charge in [0.1, 0.15) is 24.0 Å². The maximum absolute atomic E-state index is 12.9. The summed E-state index contributed by atoms with van der Waals surface area (Å²) in [4.78, 5) is 30.4. The molecule has 0 bridgehead atoms. The number of carbonyl (C=O) groups is 2. The zero-order valence-electron chi connectivity index (χ0n) is 17.8. The van der Waals surface area contributed by atoms with E-state index in [1.807, 2.05) is 72.4 Å². The van der Waals surface area contributed by atoms with Crippen LogP contribution in [0.5, 0.6) is 5.75 Å². The number of benzene rings is 1. The summed E-state index contributed by atoms with van der Waals surface area (Å²) in [5.41, 5.74) is 2.26. The van der Waals surface area contributed by atoms with Gasteiger partial charge in [-0.05, 0) is 41.6 Å². The van der Waals surface area contributed by atoms with Gasteiger partial charge in [-0.1, -0.05) is 32.0 Å². The van der Waals surface area contributed by atoms with Crippen LogP contribution in [-0.2, 0) is 11.4 Å². The first-order chi connectivity index (χ1) is 15.5. The number of imidazole rings is 1. The Labute approximate surface area is 190 Å². The van der Waals surface area contributed by atoms with E-state index in [0.717, 1.165) is 11.3 Å². The molecule has 0 aliphatic heterocycles. The molecule has 1 atom stereocenters. The molecule has 0 radical (unpaired) electrons. The Bertz CT molecular complexity index is 1180. The van der Waals surface area contributed by atoms with Crippen molar-refractivity contribution in [3.05, 3.63) is 82.9 Å². The van der Waals surface area contributed by atoms with E-state index < -0.39 is 6.04 Å². The summed E-state index contributed by atoms with van der Waals surface area (Å²) < 4.78 is 7.81. The van der Waals surface area contributed by atoms with Gasteiger partial charge in [-0.2, -0.15) is 0 Å². The first kappa shape index (κ1) is 21.6. The highest BCUT2D eigenvalue weighted by molar-refractivity contribution is 7.12. The largest absolute Gasteiger partial charge is 0.487 e. The van der Waals surface area contributed by atoms with Crippen LogP contribution in [0.1, 0.15) is 29.2 Å². The van der Waals surface area contributed by atoms with Crippen LogP contribution in [0, 0.1) is 5.92 Å². The number of hydrogen-bond acceptors (Lipinski definition) is 5. The number of nitrogens with zero attached hydrogens (tertiary/aromatic N) is 2. The number of carbonyl (C=O) groups excluding carboxylic acids is 2. The molecule has 1 unspecified atom stereocenters. The van der Waals surface area contributed by atoms with Gasteiger partial charge in [-0.25, -0.2) is 4.98 Å². The van der Waals surface area contributed by atoms with Crippen LogP contribution in [0.25, 0.3) is 5.65 Å². The van der Waals surface area contributed by atoms with Gasteiger partial charge in [0.25, 0.3) is 5.91 Å². The van der Waals surface area contributed by atoms with E-state index >= 15 is 0 Å². The summed E-state index contributed by atoms with van der Waals surface area (Å²) in [6.07, 6.45) is 3.86. The number of hydrogen-bond donors (Lipinski definition) is 2. The molecule has 32 heavy (non-hydrogen) atoms. The molecule has 0 fully saturated rings. The lowest BCUT2D eigenvalue weighted by Gasteiger charge is -2.21. The summed E-state index contributed by atoms with van der Waals surface area (Å²) in [5.74, 6) is 0.0118. The fraction of sp³-hybridized carbons (Fsp3) is 0.208. The van der Waals surface area contributed by atoms with Crippen LogP contribution in [0.4, 0.5) is 5.69 Å². The molecule has 2 N–H and O–H groups in total. The molecule has 4 rings (SSSR count). The Morgan fingerprint density at radius 1 is 1.12 bits per heavy atom. The zero-order chi connectivity index (χ0) is 22.5. The minimum absolute atomic E-state index is 0.0756. The molecule has 1 aromatic carbocycles. The first-order valence-corrected chi connectivity index (χ1v) is 11.2. The fourth-order valence-corrected chi connectivity index (χ4v) is 3.88. The second-order valence-corrected chi connectivity index (χ2v) is 8.62. The quantitative estimate of drug-likeness (QED) is 0.419. The number of fused-ring (bicyclic) bond motifs is 1. The summed E-state index contributed by atoms with van der Waals surface area (Å²) in [6.45, 7) is 4.10. The molecule has 0 spiro atoms. The van der Waals surface area contributed by atoms with Gasteiger partial charge in [0.15, 0.2) is 0 Å². The van der Waals surface area contributed by atoms with Gasteiger partial charge in [-0.15, -0.1) is 11.3 Å². The molecule has 7 nitrogen and oxygen atoms in total. The molecular weight excluding hydrogens is 424 g/mol. The minimum atomic E-state index is -0.660. The van der Waals surface area contributed by atoms with E-state index in [2.05, 4.69) is 15.6 Å². The van der Waals surface area contributed by atoms with Crippen molar-refractivity contribution in [3.63, 3.8) is 0 Å². The third-order valence-corrected chi connectivity index (χ3v) is 5.75. The van der Waals surface area contributed by atoms with E-state index in [0.29, 0.717) is 22.9 Å². The molecule has 2 amide bonds. The molecule has 4 aromatic rings. The normalized spacial score (nSPS) is 12.0. The van der Waals surface area contributed by atoms with Crippen molar-refractivity contribution < 1.29 is 14.3 Å². The second kappa shape index (κ2) is 9.65. The van der Waals surface area contributed by atoms with E-state index in [1.165, 1.54) is 11.3 Å². The van der Waals surface area contributed by atoms with Gasteiger partial charge in [0, 0.05) is 24.1 Å². The van der Waals surface area contributed by atoms with Crippen LogP contribution < -0.4 is 15.4 Å². The number of rotatable bonds is 8. The number of amides is 2. The highest BCUT2D eigenvalue weighted by Gasteiger charge is 2.25. The van der Waals surface area contributed by atoms with E-state index in [-0.39, 0.29) is 17.7 Å². The molecule has 8 heteroatoms. The van der Waals surface area contributed by atoms with Gasteiger partial charge in [0.05, 0.1) is 10.6 Å². The topological polar surface area (TPSA) is 84.7 Å². The Morgan fingerprint density at radius 2 is 2.00 bits per heavy atom. The van der Waals surface area contributed by atoms with Gasteiger partial charge in [-0.3, -0.25) is 9.59 Å². The number of pyridine rings is 1. The summed E-state index contributed by atoms with van der Waals surface area (Å²) in [6, 6.07) is 15.9. The molecule has 0 aliphatic rings. The third-order valence-electron chi connectivity index (χ3n) is 4.88. The van der Waals surface area contributed by atoms with E-state index in [4.69, 9.17) is 4.74 Å². The monoisotopic (exact) mass is 448 g/mol. The van der Waals surface area contributed by atoms with E-state index in [1.54, 1.807) is 18.2 Å². The average Bonchev–Trinajstić information content (AvgIpc) is 3.45. The summed E-state index contributed by atoms with van der Waals surface area (Å²) in [5, 5.41) is 7.55. The van der Waals surface area contributed by atoms with Gasteiger partial charge >= 0.3 is 0 Å². The lowest BCUT2D eigenvalue weighted by atomic mass is 10.0.